The van der Waals surface area contributed by atoms with Crippen molar-refractivity contribution in [2.75, 3.05) is 5.88 Å². The highest BCUT2D eigenvalue weighted by atomic mass is 35.5. The second-order valence-electron chi connectivity index (χ2n) is 3.05. The first kappa shape index (κ1) is 11.0. The van der Waals surface area contributed by atoms with E-state index in [2.05, 4.69) is 13.0 Å². The van der Waals surface area contributed by atoms with Gasteiger partial charge in [0.05, 0.1) is 6.10 Å². The molecule has 0 fully saturated rings. The number of aliphatic hydroxyl groups excluding tert-OH is 1. The smallest absolute Gasteiger partial charge is 0.0893 e. The largest absolute Gasteiger partial charge is 0.388 e. The van der Waals surface area contributed by atoms with Gasteiger partial charge < -0.3 is 5.11 Å². The summed E-state index contributed by atoms with van der Waals surface area (Å²) < 4.78 is 0. The fourth-order valence-electron chi connectivity index (χ4n) is 1.20. The molecule has 0 spiro atoms. The quantitative estimate of drug-likeness (QED) is 0.752. The number of aryl methyl sites for hydroxylation is 1. The zero-order valence-electron chi connectivity index (χ0n) is 7.79. The van der Waals surface area contributed by atoms with Crippen LogP contribution in [0.4, 0.5) is 0 Å². The summed E-state index contributed by atoms with van der Waals surface area (Å²) in [6.45, 7) is 2.16. The molecule has 0 aliphatic heterocycles. The lowest BCUT2D eigenvalue weighted by Crippen LogP contribution is -1.94. The van der Waals surface area contributed by atoms with Crippen molar-refractivity contribution in [3.8, 4) is 0 Å². The molecule has 1 atom stereocenters. The second-order valence-corrected chi connectivity index (χ2v) is 4.63. The third-order valence-corrected chi connectivity index (χ3v) is 3.35. The summed E-state index contributed by atoms with van der Waals surface area (Å²) in [5.41, 5.74) is 0. The molecular formula is C10H15ClOS. The van der Waals surface area contributed by atoms with Crippen molar-refractivity contribution in [2.45, 2.75) is 32.3 Å². The summed E-state index contributed by atoms with van der Waals surface area (Å²) >= 11 is 7.26. The average Bonchev–Trinajstić information content (AvgIpc) is 2.54. The highest BCUT2D eigenvalue weighted by Crippen LogP contribution is 2.26. The number of aliphatic hydroxyl groups is 1. The van der Waals surface area contributed by atoms with E-state index in [0.29, 0.717) is 12.3 Å². The van der Waals surface area contributed by atoms with E-state index in [0.717, 1.165) is 17.7 Å². The first-order chi connectivity index (χ1) is 6.27. The number of hydrogen-bond donors (Lipinski definition) is 1. The number of rotatable bonds is 5. The molecule has 0 unspecified atom stereocenters. The molecule has 74 valence electrons. The van der Waals surface area contributed by atoms with Gasteiger partial charge in [-0.15, -0.1) is 22.9 Å². The topological polar surface area (TPSA) is 20.2 Å². The van der Waals surface area contributed by atoms with E-state index >= 15 is 0 Å². The van der Waals surface area contributed by atoms with Crippen LogP contribution in [0.1, 0.15) is 35.6 Å². The van der Waals surface area contributed by atoms with Crippen molar-refractivity contribution in [3.05, 3.63) is 21.9 Å². The Morgan fingerprint density at radius 2 is 2.31 bits per heavy atom. The third kappa shape index (κ3) is 3.29. The summed E-state index contributed by atoms with van der Waals surface area (Å²) in [4.78, 5) is 2.40. The predicted octanol–water partition coefficient (Wildman–Crippen LogP) is 3.36. The van der Waals surface area contributed by atoms with Gasteiger partial charge >= 0.3 is 0 Å². The number of alkyl halides is 1. The molecule has 0 bridgehead atoms. The molecule has 1 N–H and O–H groups in total. The molecule has 3 heteroatoms. The normalized spacial score (nSPS) is 13.2. The van der Waals surface area contributed by atoms with Crippen LogP contribution in [0.25, 0.3) is 0 Å². The molecular weight excluding hydrogens is 204 g/mol. The average molecular weight is 219 g/mol. The maximum atomic E-state index is 9.63. The Bertz CT molecular complexity index is 247. The maximum Gasteiger partial charge on any atom is 0.0893 e. The Balaban J connectivity index is 2.56. The Morgan fingerprint density at radius 1 is 1.54 bits per heavy atom. The van der Waals surface area contributed by atoms with Crippen molar-refractivity contribution in [1.82, 2.24) is 0 Å². The zero-order chi connectivity index (χ0) is 9.68. The van der Waals surface area contributed by atoms with Gasteiger partial charge in [0.25, 0.3) is 0 Å². The molecule has 1 aromatic heterocycles. The Labute approximate surface area is 88.4 Å². The van der Waals surface area contributed by atoms with E-state index < -0.39 is 0 Å². The molecule has 0 saturated carbocycles. The van der Waals surface area contributed by atoms with Crippen LogP contribution in [0.5, 0.6) is 0 Å². The van der Waals surface area contributed by atoms with Crippen LogP contribution >= 0.6 is 22.9 Å². The van der Waals surface area contributed by atoms with Crippen molar-refractivity contribution in [2.24, 2.45) is 0 Å². The van der Waals surface area contributed by atoms with Crippen LogP contribution in [-0.4, -0.2) is 11.0 Å². The SMILES string of the molecule is CCCc1ccc([C@H](O)CCCl)s1. The van der Waals surface area contributed by atoms with Crippen molar-refractivity contribution in [3.63, 3.8) is 0 Å². The Morgan fingerprint density at radius 3 is 2.92 bits per heavy atom. The van der Waals surface area contributed by atoms with Gasteiger partial charge in [0.2, 0.25) is 0 Å². The van der Waals surface area contributed by atoms with Gasteiger partial charge in [-0.3, -0.25) is 0 Å². The molecule has 0 amide bonds. The molecule has 0 aliphatic carbocycles. The number of halogens is 1. The van der Waals surface area contributed by atoms with Crippen LogP contribution < -0.4 is 0 Å². The molecule has 1 rings (SSSR count). The standard InChI is InChI=1S/C10H15ClOS/c1-2-3-8-4-5-10(13-8)9(12)6-7-11/h4-5,9,12H,2-3,6-7H2,1H3/t9-/m1/s1. The van der Waals surface area contributed by atoms with Crippen LogP contribution in [0.3, 0.4) is 0 Å². The van der Waals surface area contributed by atoms with Gasteiger partial charge in [0.15, 0.2) is 0 Å². The fraction of sp³-hybridized carbons (Fsp3) is 0.600. The summed E-state index contributed by atoms with van der Waals surface area (Å²) in [5, 5.41) is 9.63. The fourth-order valence-corrected chi connectivity index (χ4v) is 2.54. The van der Waals surface area contributed by atoms with E-state index in [4.69, 9.17) is 11.6 Å². The lowest BCUT2D eigenvalue weighted by Gasteiger charge is -2.04. The van der Waals surface area contributed by atoms with Crippen molar-refractivity contribution >= 4 is 22.9 Å². The first-order valence-electron chi connectivity index (χ1n) is 4.60. The van der Waals surface area contributed by atoms with Crippen LogP contribution in [-0.2, 0) is 6.42 Å². The maximum absolute atomic E-state index is 9.63. The summed E-state index contributed by atoms with van der Waals surface area (Å²) in [7, 11) is 0. The molecule has 1 aromatic rings. The van der Waals surface area contributed by atoms with Crippen molar-refractivity contribution in [1.29, 1.82) is 0 Å². The van der Waals surface area contributed by atoms with E-state index in [1.54, 1.807) is 11.3 Å². The summed E-state index contributed by atoms with van der Waals surface area (Å²) in [6.07, 6.45) is 2.55. The zero-order valence-corrected chi connectivity index (χ0v) is 9.37. The summed E-state index contributed by atoms with van der Waals surface area (Å²) in [5.74, 6) is 0.516. The molecule has 0 aromatic carbocycles. The molecule has 1 heterocycles. The van der Waals surface area contributed by atoms with E-state index in [1.165, 1.54) is 4.88 Å². The Hall–Kier alpha value is -0.0500. The lowest BCUT2D eigenvalue weighted by molar-refractivity contribution is 0.178. The van der Waals surface area contributed by atoms with Gasteiger partial charge in [0, 0.05) is 15.6 Å². The van der Waals surface area contributed by atoms with Crippen LogP contribution in [0, 0.1) is 0 Å². The minimum absolute atomic E-state index is 0.367. The monoisotopic (exact) mass is 218 g/mol. The number of thiophene rings is 1. The second kappa shape index (κ2) is 5.63. The predicted molar refractivity (Wildman–Crippen MR) is 58.6 cm³/mol. The van der Waals surface area contributed by atoms with E-state index in [-0.39, 0.29) is 6.10 Å². The highest BCUT2D eigenvalue weighted by molar-refractivity contribution is 7.12. The van der Waals surface area contributed by atoms with Gasteiger partial charge in [-0.1, -0.05) is 13.3 Å². The third-order valence-electron chi connectivity index (χ3n) is 1.89. The molecule has 13 heavy (non-hydrogen) atoms. The lowest BCUT2D eigenvalue weighted by atomic mass is 10.2. The highest BCUT2D eigenvalue weighted by Gasteiger charge is 2.09. The van der Waals surface area contributed by atoms with Crippen LogP contribution in [0.15, 0.2) is 12.1 Å². The number of hydrogen-bond acceptors (Lipinski definition) is 2. The minimum Gasteiger partial charge on any atom is -0.388 e. The molecule has 0 radical (unpaired) electrons. The van der Waals surface area contributed by atoms with Gasteiger partial charge in [0.1, 0.15) is 0 Å². The minimum atomic E-state index is -0.367. The van der Waals surface area contributed by atoms with E-state index in [9.17, 15) is 5.11 Å². The van der Waals surface area contributed by atoms with Crippen LogP contribution in [0.2, 0.25) is 0 Å². The van der Waals surface area contributed by atoms with Crippen molar-refractivity contribution < 1.29 is 5.11 Å². The van der Waals surface area contributed by atoms with Gasteiger partial charge in [-0.05, 0) is 25.0 Å². The van der Waals surface area contributed by atoms with Gasteiger partial charge in [-0.25, -0.2) is 0 Å². The van der Waals surface area contributed by atoms with E-state index in [1.807, 2.05) is 6.07 Å². The molecule has 0 aliphatic rings. The molecule has 0 saturated heterocycles. The van der Waals surface area contributed by atoms with Gasteiger partial charge in [-0.2, -0.15) is 0 Å². The summed E-state index contributed by atoms with van der Waals surface area (Å²) in [6, 6.07) is 4.10. The molecule has 1 nitrogen and oxygen atoms in total. The first-order valence-corrected chi connectivity index (χ1v) is 5.95. The Kier molecular flexibility index (Phi) is 4.78.